The van der Waals surface area contributed by atoms with Crippen molar-refractivity contribution in [3.63, 3.8) is 0 Å². The maximum Gasteiger partial charge on any atom is 0.416 e. The van der Waals surface area contributed by atoms with E-state index in [2.05, 4.69) is 10.9 Å². The first-order chi connectivity index (χ1) is 13.1. The summed E-state index contributed by atoms with van der Waals surface area (Å²) in [6, 6.07) is 5.38. The predicted molar refractivity (Wildman–Crippen MR) is 94.0 cm³/mol. The summed E-state index contributed by atoms with van der Waals surface area (Å²) in [4.78, 5) is 12.1. The number of nitrogens with zero attached hydrogens (tertiary/aromatic N) is 1. The highest BCUT2D eigenvalue weighted by Crippen LogP contribution is 2.30. The van der Waals surface area contributed by atoms with Gasteiger partial charge in [-0.2, -0.15) is 17.5 Å². The summed E-state index contributed by atoms with van der Waals surface area (Å²) in [7, 11) is -3.76. The van der Waals surface area contributed by atoms with Crippen LogP contribution in [0, 0.1) is 6.92 Å². The molecule has 0 spiro atoms. The molecule has 1 fully saturated rings. The fraction of sp³-hybridized carbons (Fsp3) is 0.353. The molecular formula is C17H18F3N3O4S. The van der Waals surface area contributed by atoms with Gasteiger partial charge < -0.3 is 4.42 Å². The maximum absolute atomic E-state index is 12.7. The average Bonchev–Trinajstić information content (AvgIpc) is 3.29. The van der Waals surface area contributed by atoms with Crippen LogP contribution in [0.3, 0.4) is 0 Å². The van der Waals surface area contributed by atoms with Crippen LogP contribution in [0.15, 0.2) is 39.6 Å². The Morgan fingerprint density at radius 2 is 1.86 bits per heavy atom. The van der Waals surface area contributed by atoms with E-state index in [1.807, 2.05) is 0 Å². The Morgan fingerprint density at radius 3 is 2.50 bits per heavy atom. The van der Waals surface area contributed by atoms with E-state index in [-0.39, 0.29) is 22.1 Å². The van der Waals surface area contributed by atoms with Gasteiger partial charge in [0.05, 0.1) is 11.3 Å². The number of carbonyl (C=O) groups is 1. The third-order valence-corrected chi connectivity index (χ3v) is 6.30. The summed E-state index contributed by atoms with van der Waals surface area (Å²) in [6.07, 6.45) is -2.98. The number of amides is 1. The zero-order chi connectivity index (χ0) is 20.5. The van der Waals surface area contributed by atoms with Crippen molar-refractivity contribution < 1.29 is 30.8 Å². The van der Waals surface area contributed by atoms with Crippen LogP contribution in [0.2, 0.25) is 0 Å². The van der Waals surface area contributed by atoms with Crippen molar-refractivity contribution in [2.45, 2.75) is 30.8 Å². The fourth-order valence-corrected chi connectivity index (χ4v) is 4.54. The largest absolute Gasteiger partial charge is 0.455 e. The number of anilines is 1. The number of hydrogen-bond donors (Lipinski definition) is 2. The zero-order valence-electron chi connectivity index (χ0n) is 14.8. The zero-order valence-corrected chi connectivity index (χ0v) is 15.7. The SMILES string of the molecule is Cc1oc(C(=O)NNc2cccc(C(F)(F)F)c2)cc1S(=O)(=O)N1CCCC1. The van der Waals surface area contributed by atoms with E-state index in [0.29, 0.717) is 13.1 Å². The number of furan rings is 1. The molecule has 2 N–H and O–H groups in total. The second-order valence-electron chi connectivity index (χ2n) is 6.30. The van der Waals surface area contributed by atoms with Crippen molar-refractivity contribution in [3.05, 3.63) is 47.4 Å². The van der Waals surface area contributed by atoms with E-state index in [9.17, 15) is 26.4 Å². The predicted octanol–water partition coefficient (Wildman–Crippen LogP) is 3.15. The topological polar surface area (TPSA) is 91.6 Å². The van der Waals surface area contributed by atoms with Crippen LogP contribution >= 0.6 is 0 Å². The lowest BCUT2D eigenvalue weighted by molar-refractivity contribution is -0.137. The first-order valence-electron chi connectivity index (χ1n) is 8.43. The summed E-state index contributed by atoms with van der Waals surface area (Å²) >= 11 is 0. The smallest absolute Gasteiger partial charge is 0.416 e. The highest BCUT2D eigenvalue weighted by atomic mass is 32.2. The fourth-order valence-electron chi connectivity index (χ4n) is 2.86. The number of rotatable bonds is 5. The highest BCUT2D eigenvalue weighted by molar-refractivity contribution is 7.89. The molecule has 1 saturated heterocycles. The van der Waals surface area contributed by atoms with Gasteiger partial charge in [-0.3, -0.25) is 15.6 Å². The minimum Gasteiger partial charge on any atom is -0.455 e. The molecule has 7 nitrogen and oxygen atoms in total. The summed E-state index contributed by atoms with van der Waals surface area (Å²) in [5.41, 5.74) is 3.69. The van der Waals surface area contributed by atoms with E-state index in [4.69, 9.17) is 4.42 Å². The van der Waals surface area contributed by atoms with E-state index in [1.165, 1.54) is 23.4 Å². The average molecular weight is 417 g/mol. The number of benzene rings is 1. The van der Waals surface area contributed by atoms with E-state index < -0.39 is 27.7 Å². The summed E-state index contributed by atoms with van der Waals surface area (Å²) in [5.74, 6) is -1.02. The molecule has 3 rings (SSSR count). The van der Waals surface area contributed by atoms with Crippen molar-refractivity contribution in [2.75, 3.05) is 18.5 Å². The number of nitrogens with one attached hydrogen (secondary N) is 2. The number of hydrazine groups is 1. The van der Waals surface area contributed by atoms with Crippen LogP contribution in [-0.4, -0.2) is 31.7 Å². The minimum absolute atomic E-state index is 0.0105. The number of halogens is 3. The van der Waals surface area contributed by atoms with Gasteiger partial charge in [-0.1, -0.05) is 6.07 Å². The van der Waals surface area contributed by atoms with Gasteiger partial charge in [-0.15, -0.1) is 0 Å². The van der Waals surface area contributed by atoms with Gasteiger partial charge >= 0.3 is 12.1 Å². The highest BCUT2D eigenvalue weighted by Gasteiger charge is 2.32. The molecule has 1 aliphatic heterocycles. The van der Waals surface area contributed by atoms with Crippen LogP contribution in [0.25, 0.3) is 0 Å². The molecule has 0 aliphatic carbocycles. The first kappa shape index (κ1) is 20.2. The number of alkyl halides is 3. The summed E-state index contributed by atoms with van der Waals surface area (Å²) < 4.78 is 70.0. The van der Waals surface area contributed by atoms with Gasteiger partial charge in [-0.25, -0.2) is 8.42 Å². The number of carbonyl (C=O) groups excluding carboxylic acids is 1. The molecule has 11 heteroatoms. The van der Waals surface area contributed by atoms with Crippen LogP contribution in [0.1, 0.15) is 34.7 Å². The molecule has 1 aromatic heterocycles. The lowest BCUT2D eigenvalue weighted by Crippen LogP contribution is -2.29. The summed E-state index contributed by atoms with van der Waals surface area (Å²) in [6.45, 7) is 2.25. The van der Waals surface area contributed by atoms with Gasteiger partial charge in [0.1, 0.15) is 10.7 Å². The molecular weight excluding hydrogens is 399 g/mol. The maximum atomic E-state index is 12.7. The van der Waals surface area contributed by atoms with Crippen molar-refractivity contribution >= 4 is 21.6 Å². The second-order valence-corrected chi connectivity index (χ2v) is 8.21. The molecule has 2 heterocycles. The lowest BCUT2D eigenvalue weighted by Gasteiger charge is -2.14. The van der Waals surface area contributed by atoms with Crippen LogP contribution < -0.4 is 10.9 Å². The van der Waals surface area contributed by atoms with Gasteiger partial charge in [0, 0.05) is 19.2 Å². The standard InChI is InChI=1S/C17H18F3N3O4S/c1-11-15(28(25,26)23-7-2-3-8-23)10-14(27-11)16(24)22-21-13-6-4-5-12(9-13)17(18,19)20/h4-6,9-10,21H,2-3,7-8H2,1H3,(H,22,24). The molecule has 28 heavy (non-hydrogen) atoms. The van der Waals surface area contributed by atoms with E-state index in [0.717, 1.165) is 31.0 Å². The Labute approximate surface area is 159 Å². The van der Waals surface area contributed by atoms with Crippen molar-refractivity contribution in [2.24, 2.45) is 0 Å². The minimum atomic E-state index is -4.52. The van der Waals surface area contributed by atoms with Crippen molar-refractivity contribution in [1.82, 2.24) is 9.73 Å². The molecule has 0 unspecified atom stereocenters. The molecule has 0 saturated carbocycles. The van der Waals surface area contributed by atoms with Crippen molar-refractivity contribution in [3.8, 4) is 0 Å². The summed E-state index contributed by atoms with van der Waals surface area (Å²) in [5, 5.41) is 0. The number of hydrogen-bond acceptors (Lipinski definition) is 5. The van der Waals surface area contributed by atoms with Crippen LogP contribution in [0.4, 0.5) is 18.9 Å². The Kier molecular flexibility index (Phi) is 5.39. The van der Waals surface area contributed by atoms with Crippen molar-refractivity contribution in [1.29, 1.82) is 0 Å². The normalized spacial score (nSPS) is 15.6. The molecule has 1 aliphatic rings. The Morgan fingerprint density at radius 1 is 1.18 bits per heavy atom. The Balaban J connectivity index is 1.72. The second kappa shape index (κ2) is 7.47. The van der Waals surface area contributed by atoms with Gasteiger partial charge in [0.25, 0.3) is 0 Å². The molecule has 0 bridgehead atoms. The number of sulfonamides is 1. The van der Waals surface area contributed by atoms with E-state index >= 15 is 0 Å². The molecule has 1 aromatic carbocycles. The quantitative estimate of drug-likeness (QED) is 0.730. The van der Waals surface area contributed by atoms with Crippen LogP contribution in [0.5, 0.6) is 0 Å². The third kappa shape index (κ3) is 4.14. The number of aryl methyl sites for hydroxylation is 1. The van der Waals surface area contributed by atoms with Gasteiger partial charge in [0.15, 0.2) is 5.76 Å². The first-order valence-corrected chi connectivity index (χ1v) is 9.87. The molecule has 1 amide bonds. The molecule has 152 valence electrons. The molecule has 0 atom stereocenters. The van der Waals surface area contributed by atoms with Gasteiger partial charge in [-0.05, 0) is 38.0 Å². The molecule has 0 radical (unpaired) electrons. The monoisotopic (exact) mass is 417 g/mol. The third-order valence-electron chi connectivity index (χ3n) is 4.29. The van der Waals surface area contributed by atoms with Gasteiger partial charge in [0.2, 0.25) is 10.0 Å². The lowest BCUT2D eigenvalue weighted by atomic mass is 10.2. The Hall–Kier alpha value is -2.53. The van der Waals surface area contributed by atoms with E-state index in [1.54, 1.807) is 0 Å². The molecule has 2 aromatic rings. The Bertz CT molecular complexity index is 980. The van der Waals surface area contributed by atoms with Crippen LogP contribution in [-0.2, 0) is 16.2 Å².